The number of hydrogen-bond donors (Lipinski definition) is 2. The van der Waals surface area contributed by atoms with E-state index in [1.54, 1.807) is 0 Å². The van der Waals surface area contributed by atoms with Crippen molar-refractivity contribution in [2.24, 2.45) is 11.7 Å². The molecule has 1 aliphatic carbocycles. The lowest BCUT2D eigenvalue weighted by molar-refractivity contribution is 0.138. The van der Waals surface area contributed by atoms with Crippen molar-refractivity contribution in [3.63, 3.8) is 0 Å². The second-order valence-electron chi connectivity index (χ2n) is 7.90. The highest BCUT2D eigenvalue weighted by molar-refractivity contribution is 5.91. The van der Waals surface area contributed by atoms with Crippen LogP contribution in [0.5, 0.6) is 5.75 Å². The molecule has 3 atom stereocenters. The lowest BCUT2D eigenvalue weighted by atomic mass is 9.99. The number of ether oxygens (including phenoxy) is 2. The minimum atomic E-state index is -1.29. The Balaban J connectivity index is 1.91. The summed E-state index contributed by atoms with van der Waals surface area (Å²) in [6, 6.07) is 0.323. The van der Waals surface area contributed by atoms with Gasteiger partial charge in [-0.15, -0.1) is 0 Å². The molecule has 2 heterocycles. The van der Waals surface area contributed by atoms with E-state index in [0.717, 1.165) is 18.9 Å². The van der Waals surface area contributed by atoms with E-state index in [-0.39, 0.29) is 48.1 Å². The van der Waals surface area contributed by atoms with Crippen molar-refractivity contribution in [3.05, 3.63) is 32.7 Å². The summed E-state index contributed by atoms with van der Waals surface area (Å²) in [6.45, 7) is 0.224. The summed E-state index contributed by atoms with van der Waals surface area (Å²) < 4.78 is 42.3. The van der Waals surface area contributed by atoms with Gasteiger partial charge < -0.3 is 25.9 Å². The van der Waals surface area contributed by atoms with Gasteiger partial charge in [-0.3, -0.25) is 9.36 Å². The monoisotopic (exact) mass is 425 g/mol. The Labute approximate surface area is 170 Å². The average molecular weight is 425 g/mol. The fourth-order valence-corrected chi connectivity index (χ4v) is 4.29. The number of fused-ring (bicyclic) bond motifs is 1. The van der Waals surface area contributed by atoms with E-state index < -0.39 is 35.2 Å². The molecule has 164 valence electrons. The van der Waals surface area contributed by atoms with Gasteiger partial charge in [0, 0.05) is 38.2 Å². The van der Waals surface area contributed by atoms with Crippen molar-refractivity contribution in [1.29, 1.82) is 0 Å². The largest absolute Gasteiger partial charge is 0.492 e. The van der Waals surface area contributed by atoms with Crippen LogP contribution in [0, 0.1) is 11.7 Å². The molecule has 11 heteroatoms. The topological polar surface area (TPSA) is 118 Å². The van der Waals surface area contributed by atoms with E-state index in [2.05, 4.69) is 0 Å². The van der Waals surface area contributed by atoms with Crippen LogP contribution in [0.1, 0.15) is 18.9 Å². The van der Waals surface area contributed by atoms with Crippen LogP contribution in [0.15, 0.2) is 15.7 Å². The fourth-order valence-electron chi connectivity index (χ4n) is 4.29. The molecule has 4 rings (SSSR count). The Morgan fingerprint density at radius 3 is 2.57 bits per heavy atom. The lowest BCUT2D eigenvalue weighted by Gasteiger charge is -2.25. The molecular formula is C19H25F2N5O4. The summed E-state index contributed by atoms with van der Waals surface area (Å²) >= 11 is 0. The molecule has 1 saturated heterocycles. The number of nitrogen functional groups attached to an aromatic ring is 1. The lowest BCUT2D eigenvalue weighted by Crippen LogP contribution is -2.44. The van der Waals surface area contributed by atoms with Crippen LogP contribution in [-0.4, -0.2) is 55.4 Å². The van der Waals surface area contributed by atoms with Crippen LogP contribution >= 0.6 is 0 Å². The van der Waals surface area contributed by atoms with E-state index in [1.807, 2.05) is 0 Å². The molecule has 1 saturated carbocycles. The molecule has 1 aromatic carbocycles. The van der Waals surface area contributed by atoms with Gasteiger partial charge >= 0.3 is 5.69 Å². The van der Waals surface area contributed by atoms with Crippen molar-refractivity contribution < 1.29 is 18.3 Å². The first-order chi connectivity index (χ1) is 14.3. The highest BCUT2D eigenvalue weighted by Gasteiger charge is 2.40. The standard InChI is InChI=1S/C19H25F2N5O4/c1-29-8-14(22)11-6-24(7-13(11)21)16-12(20)5-10-15(17(16)30-2)25(9-3-4-9)19(28)26(23)18(10)27/h5,9,11,13-14H,3-4,6-8,22-23H2,1-2H3/t11-,13+,14-/m0/s1. The summed E-state index contributed by atoms with van der Waals surface area (Å²) in [5, 5.41) is -0.0641. The first kappa shape index (κ1) is 20.6. The number of rotatable bonds is 6. The van der Waals surface area contributed by atoms with Crippen molar-refractivity contribution in [2.45, 2.75) is 31.1 Å². The van der Waals surface area contributed by atoms with Gasteiger partial charge in [0.15, 0.2) is 11.6 Å². The Kier molecular flexibility index (Phi) is 5.18. The number of anilines is 1. The second-order valence-corrected chi connectivity index (χ2v) is 7.90. The van der Waals surface area contributed by atoms with E-state index in [4.69, 9.17) is 21.1 Å². The predicted octanol–water partition coefficient (Wildman–Crippen LogP) is 0.108. The molecule has 30 heavy (non-hydrogen) atoms. The van der Waals surface area contributed by atoms with Gasteiger partial charge in [-0.25, -0.2) is 13.6 Å². The van der Waals surface area contributed by atoms with Crippen LogP contribution in [-0.2, 0) is 4.74 Å². The molecule has 0 bridgehead atoms. The van der Waals surface area contributed by atoms with Crippen molar-refractivity contribution in [1.82, 2.24) is 9.24 Å². The van der Waals surface area contributed by atoms with Gasteiger partial charge in [0.1, 0.15) is 17.4 Å². The zero-order valence-electron chi connectivity index (χ0n) is 16.8. The highest BCUT2D eigenvalue weighted by Crippen LogP contribution is 2.43. The number of benzene rings is 1. The maximum absolute atomic E-state index is 15.2. The first-order valence-corrected chi connectivity index (χ1v) is 9.76. The summed E-state index contributed by atoms with van der Waals surface area (Å²) in [7, 11) is 2.80. The number of aromatic nitrogens is 2. The zero-order valence-corrected chi connectivity index (χ0v) is 16.8. The zero-order chi connectivity index (χ0) is 21.7. The third-order valence-corrected chi connectivity index (χ3v) is 5.92. The van der Waals surface area contributed by atoms with Gasteiger partial charge in [-0.2, -0.15) is 4.68 Å². The fraction of sp³-hybridized carbons (Fsp3) is 0.579. The minimum Gasteiger partial charge on any atom is -0.492 e. The molecule has 1 aromatic heterocycles. The van der Waals surface area contributed by atoms with Crippen LogP contribution in [0.3, 0.4) is 0 Å². The Bertz CT molecular complexity index is 1100. The summed E-state index contributed by atoms with van der Waals surface area (Å²) in [5.74, 6) is 4.33. The molecule has 0 amide bonds. The van der Waals surface area contributed by atoms with Gasteiger partial charge in [0.25, 0.3) is 5.56 Å². The number of nitrogens with zero attached hydrogens (tertiary/aromatic N) is 3. The molecular weight excluding hydrogens is 400 g/mol. The van der Waals surface area contributed by atoms with Crippen molar-refractivity contribution in [2.75, 3.05) is 44.7 Å². The Morgan fingerprint density at radius 1 is 1.27 bits per heavy atom. The number of alkyl halides is 1. The first-order valence-electron chi connectivity index (χ1n) is 9.76. The molecule has 2 aromatic rings. The van der Waals surface area contributed by atoms with Crippen molar-refractivity contribution >= 4 is 16.6 Å². The molecule has 2 aliphatic rings. The maximum atomic E-state index is 15.2. The smallest absolute Gasteiger partial charge is 0.350 e. The summed E-state index contributed by atoms with van der Waals surface area (Å²) in [4.78, 5) is 26.8. The Hall–Kier alpha value is -2.66. The Morgan fingerprint density at radius 2 is 1.97 bits per heavy atom. The number of methoxy groups -OCH3 is 2. The number of halogens is 2. The van der Waals surface area contributed by atoms with Crippen LogP contribution in [0.4, 0.5) is 14.5 Å². The third kappa shape index (κ3) is 3.12. The van der Waals surface area contributed by atoms with Gasteiger partial charge in [0.2, 0.25) is 0 Å². The molecule has 0 radical (unpaired) electrons. The molecule has 2 fully saturated rings. The van der Waals surface area contributed by atoms with Crippen molar-refractivity contribution in [3.8, 4) is 5.75 Å². The SMILES string of the molecule is COC[C@H](N)[C@H]1CN(c2c(F)cc3c(=O)n(N)c(=O)n(C4CC4)c3c2OC)C[C@H]1F. The number of nitrogens with two attached hydrogens (primary N) is 2. The normalized spacial score (nSPS) is 22.6. The molecule has 1 aliphatic heterocycles. The molecule has 9 nitrogen and oxygen atoms in total. The molecule has 0 spiro atoms. The average Bonchev–Trinajstić information content (AvgIpc) is 3.47. The second kappa shape index (κ2) is 7.55. The van der Waals surface area contributed by atoms with Gasteiger partial charge in [0.05, 0.1) is 19.1 Å². The summed E-state index contributed by atoms with van der Waals surface area (Å²) in [5.41, 5.74) is 4.69. The van der Waals surface area contributed by atoms with E-state index in [9.17, 15) is 14.0 Å². The quantitative estimate of drug-likeness (QED) is 0.631. The van der Waals surface area contributed by atoms with Gasteiger partial charge in [-0.1, -0.05) is 0 Å². The van der Waals surface area contributed by atoms with Crippen LogP contribution < -0.4 is 32.5 Å². The van der Waals surface area contributed by atoms with Gasteiger partial charge in [-0.05, 0) is 18.9 Å². The van der Waals surface area contributed by atoms with E-state index in [1.165, 1.54) is 23.7 Å². The molecule has 0 unspecified atom stereocenters. The maximum Gasteiger partial charge on any atom is 0.350 e. The highest BCUT2D eigenvalue weighted by atomic mass is 19.1. The number of hydrogen-bond acceptors (Lipinski definition) is 7. The molecule has 4 N–H and O–H groups in total. The van der Waals surface area contributed by atoms with Crippen LogP contribution in [0.25, 0.3) is 10.9 Å². The third-order valence-electron chi connectivity index (χ3n) is 5.92. The predicted molar refractivity (Wildman–Crippen MR) is 108 cm³/mol. The summed E-state index contributed by atoms with van der Waals surface area (Å²) in [6.07, 6.45) is 0.165. The van der Waals surface area contributed by atoms with Crippen LogP contribution in [0.2, 0.25) is 0 Å². The van der Waals surface area contributed by atoms with E-state index >= 15 is 4.39 Å². The van der Waals surface area contributed by atoms with E-state index in [0.29, 0.717) is 4.68 Å². The minimum absolute atomic E-state index is 0.00254.